The van der Waals surface area contributed by atoms with Gasteiger partial charge in [0.25, 0.3) is 5.56 Å². The fourth-order valence-corrected chi connectivity index (χ4v) is 2.84. The van der Waals surface area contributed by atoms with Gasteiger partial charge in [0.1, 0.15) is 31.4 Å². The minimum absolute atomic E-state index is 0.188. The Kier molecular flexibility index (Phi) is 4.94. The second-order valence-electron chi connectivity index (χ2n) is 6.25. The highest BCUT2D eigenvalue weighted by Crippen LogP contribution is 2.33. The van der Waals surface area contributed by atoms with Crippen molar-refractivity contribution < 1.29 is 23.0 Å². The molecule has 1 aromatic heterocycles. The van der Waals surface area contributed by atoms with Crippen molar-refractivity contribution in [1.82, 2.24) is 9.78 Å². The molecule has 1 aliphatic rings. The Balaban J connectivity index is 1.55. The molecule has 1 N–H and O–H groups in total. The Labute approximate surface area is 163 Å². The van der Waals surface area contributed by atoms with Gasteiger partial charge in [-0.15, -0.1) is 0 Å². The summed E-state index contributed by atoms with van der Waals surface area (Å²) in [5.74, 6) is -1.16. The predicted molar refractivity (Wildman–Crippen MR) is 99.9 cm³/mol. The maximum Gasteiger partial charge on any atom is 0.267 e. The minimum Gasteiger partial charge on any atom is -0.486 e. The molecule has 9 heteroatoms. The Morgan fingerprint density at radius 2 is 1.83 bits per heavy atom. The lowest BCUT2D eigenvalue weighted by Gasteiger charge is -2.18. The van der Waals surface area contributed by atoms with Gasteiger partial charge in [-0.3, -0.25) is 9.59 Å². The molecule has 0 bridgehead atoms. The lowest BCUT2D eigenvalue weighted by atomic mass is 10.1. The summed E-state index contributed by atoms with van der Waals surface area (Å²) >= 11 is 0. The lowest BCUT2D eigenvalue weighted by molar-refractivity contribution is -0.117. The van der Waals surface area contributed by atoms with Crippen molar-refractivity contribution >= 4 is 11.6 Å². The average Bonchev–Trinajstić information content (AvgIpc) is 2.71. The number of hydrogen-bond donors (Lipinski definition) is 1. The van der Waals surface area contributed by atoms with E-state index in [9.17, 15) is 18.4 Å². The maximum absolute atomic E-state index is 13.7. The number of nitrogens with one attached hydrogen (secondary N) is 1. The van der Waals surface area contributed by atoms with Gasteiger partial charge >= 0.3 is 0 Å². The molecular weight excluding hydrogens is 384 g/mol. The molecule has 4 rings (SSSR count). The van der Waals surface area contributed by atoms with E-state index in [2.05, 4.69) is 10.4 Å². The van der Waals surface area contributed by atoms with Crippen LogP contribution in [0.25, 0.3) is 11.3 Å². The van der Waals surface area contributed by atoms with Gasteiger partial charge in [-0.1, -0.05) is 0 Å². The Hall–Kier alpha value is -3.75. The maximum atomic E-state index is 13.7. The van der Waals surface area contributed by atoms with E-state index in [0.717, 1.165) is 16.8 Å². The number of aromatic nitrogens is 2. The third-order valence-corrected chi connectivity index (χ3v) is 4.20. The highest BCUT2D eigenvalue weighted by atomic mass is 19.1. The first-order valence-electron chi connectivity index (χ1n) is 8.73. The predicted octanol–water partition coefficient (Wildman–Crippen LogP) is 2.60. The molecule has 2 aromatic carbocycles. The van der Waals surface area contributed by atoms with Crippen LogP contribution < -0.4 is 20.3 Å². The van der Waals surface area contributed by atoms with Crippen molar-refractivity contribution in [2.45, 2.75) is 6.54 Å². The molecule has 0 saturated carbocycles. The van der Waals surface area contributed by atoms with E-state index >= 15 is 0 Å². The second-order valence-corrected chi connectivity index (χ2v) is 6.25. The molecule has 3 aromatic rings. The molecule has 0 saturated heterocycles. The number of carbonyl (C=O) groups is 1. The molecule has 2 heterocycles. The quantitative estimate of drug-likeness (QED) is 0.729. The van der Waals surface area contributed by atoms with E-state index < -0.39 is 29.6 Å². The van der Waals surface area contributed by atoms with E-state index in [1.165, 1.54) is 12.1 Å². The fraction of sp³-hybridized carbons (Fsp3) is 0.150. The molecule has 7 nitrogen and oxygen atoms in total. The summed E-state index contributed by atoms with van der Waals surface area (Å²) in [6, 6.07) is 10.8. The van der Waals surface area contributed by atoms with Crippen LogP contribution in [-0.2, 0) is 11.3 Å². The number of hydrogen-bond acceptors (Lipinski definition) is 5. The van der Waals surface area contributed by atoms with E-state index in [4.69, 9.17) is 9.47 Å². The van der Waals surface area contributed by atoms with Crippen LogP contribution in [0.5, 0.6) is 11.5 Å². The summed E-state index contributed by atoms with van der Waals surface area (Å²) in [5.41, 5.74) is 0.434. The van der Waals surface area contributed by atoms with Crippen LogP contribution in [0.4, 0.5) is 14.5 Å². The largest absolute Gasteiger partial charge is 0.486 e. The number of rotatable bonds is 4. The van der Waals surface area contributed by atoms with Gasteiger partial charge in [0.2, 0.25) is 5.91 Å². The first-order chi connectivity index (χ1) is 14.0. The Morgan fingerprint density at radius 3 is 2.62 bits per heavy atom. The number of amides is 1. The Bertz CT molecular complexity index is 1150. The molecule has 1 amide bonds. The van der Waals surface area contributed by atoms with Crippen LogP contribution in [0.15, 0.2) is 53.3 Å². The van der Waals surface area contributed by atoms with Crippen LogP contribution >= 0.6 is 0 Å². The zero-order valence-corrected chi connectivity index (χ0v) is 15.0. The van der Waals surface area contributed by atoms with Crippen molar-refractivity contribution in [3.63, 3.8) is 0 Å². The summed E-state index contributed by atoms with van der Waals surface area (Å²) in [4.78, 5) is 24.3. The van der Waals surface area contributed by atoms with Crippen LogP contribution in [0.1, 0.15) is 0 Å². The number of ether oxygens (including phenoxy) is 2. The number of fused-ring (bicyclic) bond motifs is 1. The first kappa shape index (κ1) is 18.6. The molecule has 0 radical (unpaired) electrons. The number of carbonyl (C=O) groups excluding carboxylic acids is 1. The SMILES string of the molecule is O=C(Cn1nc(-c2ccc3c(c2)OCCO3)ccc1=O)Nc1ccc(F)cc1F. The zero-order valence-electron chi connectivity index (χ0n) is 15.0. The number of anilines is 1. The third kappa shape index (κ3) is 4.08. The standard InChI is InChI=1S/C20H15F2N3O4/c21-13-2-3-16(14(22)10-13)23-19(26)11-25-20(27)6-4-15(24-25)12-1-5-17-18(9-12)29-8-7-28-17/h1-6,9-10H,7-8,11H2,(H,23,26). The summed E-state index contributed by atoms with van der Waals surface area (Å²) in [5, 5.41) is 6.50. The van der Waals surface area contributed by atoms with E-state index in [1.54, 1.807) is 18.2 Å². The number of benzene rings is 2. The summed E-state index contributed by atoms with van der Waals surface area (Å²) in [6.45, 7) is 0.469. The van der Waals surface area contributed by atoms with Crippen molar-refractivity contribution in [2.24, 2.45) is 0 Å². The smallest absolute Gasteiger partial charge is 0.267 e. The molecule has 29 heavy (non-hydrogen) atoms. The van der Waals surface area contributed by atoms with Crippen molar-refractivity contribution in [3.8, 4) is 22.8 Å². The van der Waals surface area contributed by atoms with Gasteiger partial charge in [-0.25, -0.2) is 13.5 Å². The van der Waals surface area contributed by atoms with Crippen LogP contribution in [0.3, 0.4) is 0 Å². The van der Waals surface area contributed by atoms with Crippen LogP contribution in [0, 0.1) is 11.6 Å². The fourth-order valence-electron chi connectivity index (χ4n) is 2.84. The minimum atomic E-state index is -0.913. The molecule has 1 aliphatic heterocycles. The van der Waals surface area contributed by atoms with E-state index in [-0.39, 0.29) is 5.69 Å². The molecule has 0 fully saturated rings. The summed E-state index contributed by atoms with van der Waals surface area (Å²) in [6.07, 6.45) is 0. The highest BCUT2D eigenvalue weighted by molar-refractivity contribution is 5.90. The average molecular weight is 399 g/mol. The number of halogens is 2. The van der Waals surface area contributed by atoms with Gasteiger partial charge in [-0.2, -0.15) is 5.10 Å². The molecule has 0 spiro atoms. The normalized spacial score (nSPS) is 12.5. The molecule has 148 valence electrons. The summed E-state index contributed by atoms with van der Waals surface area (Å²) < 4.78 is 38.6. The molecule has 0 atom stereocenters. The molecular formula is C20H15F2N3O4. The first-order valence-corrected chi connectivity index (χ1v) is 8.73. The Morgan fingerprint density at radius 1 is 1.03 bits per heavy atom. The van der Waals surface area contributed by atoms with E-state index in [0.29, 0.717) is 42.0 Å². The van der Waals surface area contributed by atoms with Gasteiger partial charge in [0.15, 0.2) is 11.5 Å². The van der Waals surface area contributed by atoms with Crippen molar-refractivity contribution in [2.75, 3.05) is 18.5 Å². The third-order valence-electron chi connectivity index (χ3n) is 4.20. The summed E-state index contributed by atoms with van der Waals surface area (Å²) in [7, 11) is 0. The number of nitrogens with zero attached hydrogens (tertiary/aromatic N) is 2. The monoisotopic (exact) mass is 399 g/mol. The van der Waals surface area contributed by atoms with Gasteiger partial charge in [0, 0.05) is 17.7 Å². The van der Waals surface area contributed by atoms with E-state index in [1.807, 2.05) is 0 Å². The highest BCUT2D eigenvalue weighted by Gasteiger charge is 2.15. The second kappa shape index (κ2) is 7.70. The topological polar surface area (TPSA) is 82.5 Å². The molecule has 0 unspecified atom stereocenters. The van der Waals surface area contributed by atoms with Crippen molar-refractivity contribution in [1.29, 1.82) is 0 Å². The van der Waals surface area contributed by atoms with Crippen LogP contribution in [0.2, 0.25) is 0 Å². The van der Waals surface area contributed by atoms with Crippen LogP contribution in [-0.4, -0.2) is 28.9 Å². The molecule has 0 aliphatic carbocycles. The van der Waals surface area contributed by atoms with Gasteiger partial charge < -0.3 is 14.8 Å². The van der Waals surface area contributed by atoms with Crippen molar-refractivity contribution in [3.05, 3.63) is 70.5 Å². The van der Waals surface area contributed by atoms with Gasteiger partial charge in [-0.05, 0) is 36.4 Å². The lowest BCUT2D eigenvalue weighted by Crippen LogP contribution is -2.29. The zero-order chi connectivity index (χ0) is 20.4. The van der Waals surface area contributed by atoms with Gasteiger partial charge in [0.05, 0.1) is 11.4 Å².